The van der Waals surface area contributed by atoms with Crippen LogP contribution in [-0.2, 0) is 4.79 Å². The molecule has 6 nitrogen and oxygen atoms in total. The van der Waals surface area contributed by atoms with Crippen LogP contribution in [0.3, 0.4) is 0 Å². The maximum absolute atomic E-state index is 11.4. The molecule has 0 aliphatic carbocycles. The summed E-state index contributed by atoms with van der Waals surface area (Å²) in [5, 5.41) is 3.37. The highest BCUT2D eigenvalue weighted by atomic mass is 127. The topological polar surface area (TPSA) is 51.2 Å². The Bertz CT molecular complexity index is 367. The third kappa shape index (κ3) is 7.69. The zero-order chi connectivity index (χ0) is 16.5. The van der Waals surface area contributed by atoms with E-state index in [4.69, 9.17) is 4.99 Å². The van der Waals surface area contributed by atoms with Crippen molar-refractivity contribution in [2.45, 2.75) is 40.7 Å². The molecule has 1 saturated heterocycles. The van der Waals surface area contributed by atoms with E-state index < -0.39 is 0 Å². The smallest absolute Gasteiger partial charge is 0.219 e. The Kier molecular flexibility index (Phi) is 11.6. The summed E-state index contributed by atoms with van der Waals surface area (Å²) in [6.07, 6.45) is 0. The molecule has 0 aromatic carbocycles. The van der Waals surface area contributed by atoms with Crippen LogP contribution >= 0.6 is 24.0 Å². The van der Waals surface area contributed by atoms with Crippen molar-refractivity contribution < 1.29 is 4.79 Å². The molecule has 0 aromatic heterocycles. The molecule has 0 aromatic rings. The standard InChI is InChI=1S/C16H33N5O.HI/c1-6-17-16(18-8-9-19(7-2)14(3)4)21-12-10-20(11-13-21)15(5)22;/h14H,6-13H2,1-5H3,(H,17,18);1H. The second-order valence-electron chi connectivity index (χ2n) is 5.95. The predicted molar refractivity (Wildman–Crippen MR) is 108 cm³/mol. The number of guanidine groups is 1. The van der Waals surface area contributed by atoms with Crippen molar-refractivity contribution in [1.29, 1.82) is 0 Å². The molecule has 1 amide bonds. The molecule has 0 spiro atoms. The van der Waals surface area contributed by atoms with Crippen LogP contribution in [0.2, 0.25) is 0 Å². The maximum atomic E-state index is 11.4. The van der Waals surface area contributed by atoms with Gasteiger partial charge in [0.05, 0.1) is 6.54 Å². The van der Waals surface area contributed by atoms with Crippen LogP contribution in [0.5, 0.6) is 0 Å². The van der Waals surface area contributed by atoms with Crippen molar-refractivity contribution in [3.05, 3.63) is 0 Å². The first-order valence-corrected chi connectivity index (χ1v) is 8.52. The van der Waals surface area contributed by atoms with Crippen LogP contribution in [0.4, 0.5) is 0 Å². The Balaban J connectivity index is 0.00000484. The van der Waals surface area contributed by atoms with E-state index in [9.17, 15) is 4.79 Å². The van der Waals surface area contributed by atoms with Crippen molar-refractivity contribution in [2.24, 2.45) is 4.99 Å². The first-order valence-electron chi connectivity index (χ1n) is 8.52. The Morgan fingerprint density at radius 2 is 1.74 bits per heavy atom. The summed E-state index contributed by atoms with van der Waals surface area (Å²) in [6, 6.07) is 0.557. The molecule has 1 aliphatic heterocycles. The summed E-state index contributed by atoms with van der Waals surface area (Å²) in [4.78, 5) is 22.7. The lowest BCUT2D eigenvalue weighted by molar-refractivity contribution is -0.130. The molecule has 0 bridgehead atoms. The lowest BCUT2D eigenvalue weighted by Gasteiger charge is -2.36. The van der Waals surface area contributed by atoms with Gasteiger partial charge in [-0.1, -0.05) is 6.92 Å². The van der Waals surface area contributed by atoms with E-state index in [2.05, 4.69) is 42.8 Å². The van der Waals surface area contributed by atoms with Crippen LogP contribution in [0.15, 0.2) is 4.99 Å². The Morgan fingerprint density at radius 1 is 1.17 bits per heavy atom. The van der Waals surface area contributed by atoms with Gasteiger partial charge in [-0.25, -0.2) is 0 Å². The molecule has 1 rings (SSSR count). The van der Waals surface area contributed by atoms with Gasteiger partial charge >= 0.3 is 0 Å². The fourth-order valence-electron chi connectivity index (χ4n) is 2.72. The minimum Gasteiger partial charge on any atom is -0.357 e. The Morgan fingerprint density at radius 3 is 2.17 bits per heavy atom. The highest BCUT2D eigenvalue weighted by Crippen LogP contribution is 2.03. The molecule has 0 saturated carbocycles. The van der Waals surface area contributed by atoms with Crippen molar-refractivity contribution >= 4 is 35.8 Å². The van der Waals surface area contributed by atoms with E-state index in [0.29, 0.717) is 6.04 Å². The number of hydrogen-bond donors (Lipinski definition) is 1. The lowest BCUT2D eigenvalue weighted by atomic mass is 10.3. The van der Waals surface area contributed by atoms with Gasteiger partial charge in [0.25, 0.3) is 0 Å². The van der Waals surface area contributed by atoms with Gasteiger partial charge in [0.1, 0.15) is 0 Å². The summed E-state index contributed by atoms with van der Waals surface area (Å²) in [5.41, 5.74) is 0. The number of rotatable bonds is 6. The third-order valence-electron chi connectivity index (χ3n) is 4.14. The average Bonchev–Trinajstić information content (AvgIpc) is 2.50. The van der Waals surface area contributed by atoms with E-state index in [1.807, 2.05) is 4.90 Å². The molecule has 1 fully saturated rings. The highest BCUT2D eigenvalue weighted by molar-refractivity contribution is 14.0. The Hall–Kier alpha value is -0.570. The molecule has 136 valence electrons. The molecule has 1 N–H and O–H groups in total. The fraction of sp³-hybridized carbons (Fsp3) is 0.875. The predicted octanol–water partition coefficient (Wildman–Crippen LogP) is 1.46. The quantitative estimate of drug-likeness (QED) is 0.387. The van der Waals surface area contributed by atoms with E-state index >= 15 is 0 Å². The molecule has 1 heterocycles. The maximum Gasteiger partial charge on any atom is 0.219 e. The number of aliphatic imine (C=N–C) groups is 1. The van der Waals surface area contributed by atoms with Crippen molar-refractivity contribution in [1.82, 2.24) is 20.0 Å². The second kappa shape index (κ2) is 11.9. The number of likely N-dealkylation sites (N-methyl/N-ethyl adjacent to an activating group) is 1. The molecule has 1 aliphatic rings. The fourth-order valence-corrected chi connectivity index (χ4v) is 2.72. The minimum absolute atomic E-state index is 0. The number of carbonyl (C=O) groups is 1. The van der Waals surface area contributed by atoms with E-state index in [-0.39, 0.29) is 29.9 Å². The van der Waals surface area contributed by atoms with Gasteiger partial charge in [0.15, 0.2) is 5.96 Å². The SMILES string of the molecule is CCNC(=NCCN(CC)C(C)C)N1CCN(C(C)=O)CC1.I. The van der Waals surface area contributed by atoms with Crippen molar-refractivity contribution in [3.63, 3.8) is 0 Å². The van der Waals surface area contributed by atoms with Gasteiger partial charge < -0.3 is 15.1 Å². The summed E-state index contributed by atoms with van der Waals surface area (Å²) >= 11 is 0. The van der Waals surface area contributed by atoms with Gasteiger partial charge in [-0.2, -0.15) is 0 Å². The number of nitrogens with zero attached hydrogens (tertiary/aromatic N) is 4. The summed E-state index contributed by atoms with van der Waals surface area (Å²) < 4.78 is 0. The first-order chi connectivity index (χ1) is 10.5. The zero-order valence-electron chi connectivity index (χ0n) is 15.3. The van der Waals surface area contributed by atoms with E-state index in [1.165, 1.54) is 0 Å². The average molecular weight is 439 g/mol. The van der Waals surface area contributed by atoms with Crippen LogP contribution in [0, 0.1) is 0 Å². The highest BCUT2D eigenvalue weighted by Gasteiger charge is 2.20. The number of hydrogen-bond acceptors (Lipinski definition) is 3. The monoisotopic (exact) mass is 439 g/mol. The normalized spacial score (nSPS) is 15.9. The molecule has 0 radical (unpaired) electrons. The molecule has 0 atom stereocenters. The molecular formula is C16H34IN5O. The van der Waals surface area contributed by atoms with Crippen LogP contribution in [0.25, 0.3) is 0 Å². The van der Waals surface area contributed by atoms with Crippen molar-refractivity contribution in [2.75, 3.05) is 52.4 Å². The van der Waals surface area contributed by atoms with Crippen LogP contribution in [0.1, 0.15) is 34.6 Å². The first kappa shape index (κ1) is 22.4. The molecule has 0 unspecified atom stereocenters. The van der Waals surface area contributed by atoms with Crippen LogP contribution in [-0.4, -0.2) is 85.0 Å². The summed E-state index contributed by atoms with van der Waals surface area (Å²) in [6.45, 7) is 17.4. The zero-order valence-corrected chi connectivity index (χ0v) is 17.7. The molecule has 7 heteroatoms. The molecular weight excluding hydrogens is 405 g/mol. The molecule has 23 heavy (non-hydrogen) atoms. The van der Waals surface area contributed by atoms with Gasteiger partial charge in [0.2, 0.25) is 5.91 Å². The van der Waals surface area contributed by atoms with Gasteiger partial charge in [-0.15, -0.1) is 24.0 Å². The second-order valence-corrected chi connectivity index (χ2v) is 5.95. The third-order valence-corrected chi connectivity index (χ3v) is 4.14. The minimum atomic E-state index is 0. The van der Waals surface area contributed by atoms with E-state index in [0.717, 1.165) is 58.3 Å². The number of carbonyl (C=O) groups excluding carboxylic acids is 1. The lowest BCUT2D eigenvalue weighted by Crippen LogP contribution is -2.53. The summed E-state index contributed by atoms with van der Waals surface area (Å²) in [7, 11) is 0. The number of amides is 1. The van der Waals surface area contributed by atoms with Crippen LogP contribution < -0.4 is 5.32 Å². The largest absolute Gasteiger partial charge is 0.357 e. The summed E-state index contributed by atoms with van der Waals surface area (Å²) in [5.74, 6) is 1.14. The van der Waals surface area contributed by atoms with E-state index in [1.54, 1.807) is 6.92 Å². The van der Waals surface area contributed by atoms with Gasteiger partial charge in [0, 0.05) is 52.2 Å². The Labute approximate surface area is 158 Å². The van der Waals surface area contributed by atoms with Gasteiger partial charge in [-0.3, -0.25) is 14.7 Å². The van der Waals surface area contributed by atoms with Gasteiger partial charge in [-0.05, 0) is 27.3 Å². The number of nitrogens with one attached hydrogen (secondary N) is 1. The number of piperazine rings is 1. The number of halogens is 1. The van der Waals surface area contributed by atoms with Crippen molar-refractivity contribution in [3.8, 4) is 0 Å².